The Morgan fingerprint density at radius 2 is 2.00 bits per heavy atom. The second kappa shape index (κ2) is 15.8. The van der Waals surface area contributed by atoms with Crippen molar-refractivity contribution < 1.29 is 4.84 Å². The average molecular weight is 177 g/mol. The molecule has 0 saturated heterocycles. The predicted molar refractivity (Wildman–Crippen MR) is 43.2 cm³/mol. The summed E-state index contributed by atoms with van der Waals surface area (Å²) in [6.07, 6.45) is 0. The first-order valence-corrected chi connectivity index (χ1v) is 2.46. The Labute approximate surface area is 68.1 Å². The van der Waals surface area contributed by atoms with E-state index in [1.54, 1.807) is 0 Å². The van der Waals surface area contributed by atoms with Crippen molar-refractivity contribution in [3.05, 3.63) is 0 Å². The zero-order chi connectivity index (χ0) is 5.54. The van der Waals surface area contributed by atoms with Crippen LogP contribution in [0.5, 0.6) is 0 Å². The molecule has 0 aromatic rings. The second-order valence-electron chi connectivity index (χ2n) is 1.14. The van der Waals surface area contributed by atoms with E-state index < -0.39 is 0 Å². The van der Waals surface area contributed by atoms with Crippen LogP contribution in [0.4, 0.5) is 0 Å². The Bertz CT molecular complexity index is 35.7. The van der Waals surface area contributed by atoms with Gasteiger partial charge in [0.15, 0.2) is 0 Å². The molecule has 0 radical (unpaired) electrons. The van der Waals surface area contributed by atoms with Crippen LogP contribution in [0.25, 0.3) is 0 Å². The van der Waals surface area contributed by atoms with Gasteiger partial charge in [-0.15, -0.1) is 24.8 Å². The fourth-order valence-electron chi connectivity index (χ4n) is 0.233. The number of hydroxylamine groups is 1. The summed E-state index contributed by atoms with van der Waals surface area (Å²) in [5, 5.41) is 0. The number of hydrogen-bond donors (Lipinski definition) is 2. The highest BCUT2D eigenvalue weighted by Crippen LogP contribution is 1.59. The van der Waals surface area contributed by atoms with Crippen molar-refractivity contribution in [1.82, 2.24) is 5.48 Å². The van der Waals surface area contributed by atoms with Crippen LogP contribution in [0.15, 0.2) is 0 Å². The van der Waals surface area contributed by atoms with Crippen molar-refractivity contribution >= 4 is 24.8 Å². The fourth-order valence-corrected chi connectivity index (χ4v) is 0.233. The lowest BCUT2D eigenvalue weighted by molar-refractivity contribution is 0.0504. The van der Waals surface area contributed by atoms with Gasteiger partial charge in [0.05, 0.1) is 6.61 Å². The van der Waals surface area contributed by atoms with Crippen molar-refractivity contribution in [1.29, 1.82) is 0 Å². The van der Waals surface area contributed by atoms with E-state index in [-0.39, 0.29) is 24.8 Å². The molecule has 5 heteroatoms. The lowest BCUT2D eigenvalue weighted by atomic mass is 10.7. The molecule has 0 saturated carbocycles. The molecule has 0 atom stereocenters. The van der Waals surface area contributed by atoms with Gasteiger partial charge in [0, 0.05) is 13.1 Å². The van der Waals surface area contributed by atoms with Crippen molar-refractivity contribution in [3.8, 4) is 0 Å². The highest BCUT2D eigenvalue weighted by atomic mass is 35.5. The van der Waals surface area contributed by atoms with Crippen molar-refractivity contribution in [2.24, 2.45) is 5.73 Å². The van der Waals surface area contributed by atoms with Crippen LogP contribution in [0.1, 0.15) is 6.92 Å². The Hall–Kier alpha value is 0.460. The van der Waals surface area contributed by atoms with Gasteiger partial charge in [0.2, 0.25) is 0 Å². The number of rotatable bonds is 4. The molecule has 60 valence electrons. The minimum atomic E-state index is 0. The van der Waals surface area contributed by atoms with Crippen LogP contribution in [0.2, 0.25) is 0 Å². The first-order chi connectivity index (χ1) is 3.41. The van der Waals surface area contributed by atoms with Gasteiger partial charge in [-0.1, -0.05) is 6.92 Å². The lowest BCUT2D eigenvalue weighted by Gasteiger charge is -1.97. The lowest BCUT2D eigenvalue weighted by Crippen LogP contribution is -2.18. The third-order valence-corrected chi connectivity index (χ3v) is 0.466. The maximum Gasteiger partial charge on any atom is 0.0804 e. The molecule has 0 aliphatic heterocycles. The Balaban J connectivity index is -0.000000180. The second-order valence-corrected chi connectivity index (χ2v) is 1.14. The highest BCUT2D eigenvalue weighted by Gasteiger charge is 1.75. The molecule has 0 rings (SSSR count). The van der Waals surface area contributed by atoms with Gasteiger partial charge in [-0.2, -0.15) is 0 Å². The number of nitrogens with one attached hydrogen (secondary N) is 1. The van der Waals surface area contributed by atoms with Crippen LogP contribution in [-0.2, 0) is 4.84 Å². The largest absolute Gasteiger partial charge is 0.328 e. The topological polar surface area (TPSA) is 47.3 Å². The van der Waals surface area contributed by atoms with Gasteiger partial charge in [0.1, 0.15) is 0 Å². The van der Waals surface area contributed by atoms with Gasteiger partial charge in [-0.3, -0.25) is 0 Å². The molecule has 0 bridgehead atoms. The normalized spacial score (nSPS) is 7.33. The van der Waals surface area contributed by atoms with Crippen LogP contribution in [0.3, 0.4) is 0 Å². The highest BCUT2D eigenvalue weighted by molar-refractivity contribution is 5.85. The SMILES string of the molecule is CCNOCCN.Cl.Cl. The van der Waals surface area contributed by atoms with Crippen molar-refractivity contribution in [2.45, 2.75) is 6.92 Å². The molecule has 0 heterocycles. The summed E-state index contributed by atoms with van der Waals surface area (Å²) in [5.41, 5.74) is 7.77. The van der Waals surface area contributed by atoms with E-state index in [4.69, 9.17) is 10.6 Å². The van der Waals surface area contributed by atoms with Gasteiger partial charge in [-0.25, -0.2) is 5.48 Å². The smallest absolute Gasteiger partial charge is 0.0804 e. The molecule has 3 nitrogen and oxygen atoms in total. The Morgan fingerprint density at radius 3 is 2.33 bits per heavy atom. The zero-order valence-corrected chi connectivity index (χ0v) is 7.06. The third-order valence-electron chi connectivity index (χ3n) is 0.466. The third kappa shape index (κ3) is 17.7. The maximum atomic E-state index is 5.10. The van der Waals surface area contributed by atoms with E-state index in [1.807, 2.05) is 6.92 Å². The van der Waals surface area contributed by atoms with Crippen LogP contribution < -0.4 is 11.2 Å². The molecule has 0 aliphatic carbocycles. The quantitative estimate of drug-likeness (QED) is 0.480. The first-order valence-electron chi connectivity index (χ1n) is 2.46. The minimum absolute atomic E-state index is 0. The van der Waals surface area contributed by atoms with Crippen molar-refractivity contribution in [2.75, 3.05) is 19.7 Å². The van der Waals surface area contributed by atoms with E-state index in [2.05, 4.69) is 5.48 Å². The molecule has 0 spiro atoms. The standard InChI is InChI=1S/C4H12N2O.2ClH/c1-2-6-7-4-3-5;;/h6H,2-5H2,1H3;2*1H. The van der Waals surface area contributed by atoms with E-state index in [1.165, 1.54) is 0 Å². The molecule has 0 aromatic carbocycles. The molecule has 0 aliphatic rings. The number of halogens is 2. The summed E-state index contributed by atoms with van der Waals surface area (Å²) in [5.74, 6) is 0. The molecule has 3 N–H and O–H groups in total. The molecule has 0 fully saturated rings. The van der Waals surface area contributed by atoms with E-state index in [9.17, 15) is 0 Å². The Kier molecular flexibility index (Phi) is 28.5. The number of nitrogens with two attached hydrogens (primary N) is 1. The monoisotopic (exact) mass is 176 g/mol. The summed E-state index contributed by atoms with van der Waals surface area (Å²) in [4.78, 5) is 4.76. The molecule has 0 unspecified atom stereocenters. The van der Waals surface area contributed by atoms with Gasteiger partial charge >= 0.3 is 0 Å². The molecular formula is C4H14Cl2N2O. The van der Waals surface area contributed by atoms with E-state index >= 15 is 0 Å². The fraction of sp³-hybridized carbons (Fsp3) is 1.00. The van der Waals surface area contributed by atoms with Crippen LogP contribution in [-0.4, -0.2) is 19.7 Å². The summed E-state index contributed by atoms with van der Waals surface area (Å²) < 4.78 is 0. The number of hydrogen-bond acceptors (Lipinski definition) is 3. The molecule has 0 aromatic heterocycles. The van der Waals surface area contributed by atoms with Gasteiger partial charge < -0.3 is 10.6 Å². The minimum Gasteiger partial charge on any atom is -0.328 e. The summed E-state index contributed by atoms with van der Waals surface area (Å²) in [6, 6.07) is 0. The van der Waals surface area contributed by atoms with E-state index in [0.717, 1.165) is 6.54 Å². The summed E-state index contributed by atoms with van der Waals surface area (Å²) in [7, 11) is 0. The van der Waals surface area contributed by atoms with Crippen LogP contribution in [0, 0.1) is 0 Å². The Morgan fingerprint density at radius 1 is 1.44 bits per heavy atom. The van der Waals surface area contributed by atoms with Gasteiger partial charge in [-0.05, 0) is 0 Å². The van der Waals surface area contributed by atoms with Crippen molar-refractivity contribution in [3.63, 3.8) is 0 Å². The van der Waals surface area contributed by atoms with Crippen LogP contribution >= 0.6 is 24.8 Å². The predicted octanol–water partition coefficient (Wildman–Crippen LogP) is 0.330. The average Bonchev–Trinajstić information content (AvgIpc) is 1.69. The molecule has 9 heavy (non-hydrogen) atoms. The molecular weight excluding hydrogens is 163 g/mol. The molecule has 0 amide bonds. The van der Waals surface area contributed by atoms with E-state index in [0.29, 0.717) is 13.2 Å². The zero-order valence-electron chi connectivity index (χ0n) is 5.42. The summed E-state index contributed by atoms with van der Waals surface area (Å²) in [6.45, 7) is 3.97. The first kappa shape index (κ1) is 16.2. The van der Waals surface area contributed by atoms with Gasteiger partial charge in [0.25, 0.3) is 0 Å². The maximum absolute atomic E-state index is 5.10. The summed E-state index contributed by atoms with van der Waals surface area (Å²) >= 11 is 0.